The molecule has 0 aromatic rings. The van der Waals surface area contributed by atoms with Crippen molar-refractivity contribution in [2.75, 3.05) is 27.3 Å². The molecular formula is C9H20N2O. The summed E-state index contributed by atoms with van der Waals surface area (Å²) in [5, 5.41) is 0. The lowest BCUT2D eigenvalue weighted by atomic mass is 9.85. The molecule has 1 heterocycles. The standard InChI is InChI=1S/C9H20N2O/c1-8(10)9(11(2)3)5-4-6-12-7-9/h8H,4-7,10H2,1-3H3. The van der Waals surface area contributed by atoms with Crippen molar-refractivity contribution in [3.63, 3.8) is 0 Å². The Labute approximate surface area is 74.9 Å². The Morgan fingerprint density at radius 1 is 1.50 bits per heavy atom. The number of rotatable bonds is 2. The molecule has 72 valence electrons. The maximum absolute atomic E-state index is 5.98. The molecule has 0 amide bonds. The van der Waals surface area contributed by atoms with E-state index in [1.165, 1.54) is 0 Å². The predicted molar refractivity (Wildman–Crippen MR) is 50.1 cm³/mol. The van der Waals surface area contributed by atoms with Crippen LogP contribution in [0.15, 0.2) is 0 Å². The molecule has 2 N–H and O–H groups in total. The maximum atomic E-state index is 5.98. The van der Waals surface area contributed by atoms with Gasteiger partial charge in [0, 0.05) is 12.6 Å². The molecule has 1 aliphatic rings. The second-order valence-corrected chi connectivity index (χ2v) is 3.94. The Hall–Kier alpha value is -0.120. The van der Waals surface area contributed by atoms with E-state index in [2.05, 4.69) is 25.9 Å². The van der Waals surface area contributed by atoms with Crippen molar-refractivity contribution in [1.29, 1.82) is 0 Å². The summed E-state index contributed by atoms with van der Waals surface area (Å²) < 4.78 is 5.49. The lowest BCUT2D eigenvalue weighted by Crippen LogP contribution is -2.60. The van der Waals surface area contributed by atoms with Gasteiger partial charge in [-0.3, -0.25) is 0 Å². The fourth-order valence-corrected chi connectivity index (χ4v) is 1.92. The first-order valence-electron chi connectivity index (χ1n) is 4.60. The highest BCUT2D eigenvalue weighted by atomic mass is 16.5. The third kappa shape index (κ3) is 1.63. The summed E-state index contributed by atoms with van der Waals surface area (Å²) in [7, 11) is 4.16. The molecule has 1 rings (SSSR count). The Balaban J connectivity index is 2.70. The van der Waals surface area contributed by atoms with Crippen LogP contribution in [0.4, 0.5) is 0 Å². The number of nitrogens with two attached hydrogens (primary N) is 1. The molecule has 12 heavy (non-hydrogen) atoms. The van der Waals surface area contributed by atoms with Gasteiger partial charge in [-0.15, -0.1) is 0 Å². The molecule has 0 radical (unpaired) electrons. The number of nitrogens with zero attached hydrogens (tertiary/aromatic N) is 1. The van der Waals surface area contributed by atoms with Crippen LogP contribution in [0, 0.1) is 0 Å². The first-order valence-corrected chi connectivity index (χ1v) is 4.60. The van der Waals surface area contributed by atoms with Crippen LogP contribution in [0.25, 0.3) is 0 Å². The molecule has 0 bridgehead atoms. The predicted octanol–water partition coefficient (Wildman–Crippen LogP) is 0.444. The summed E-state index contributed by atoms with van der Waals surface area (Å²) in [6.07, 6.45) is 2.28. The van der Waals surface area contributed by atoms with Crippen LogP contribution in [0.3, 0.4) is 0 Å². The normalized spacial score (nSPS) is 33.8. The molecule has 0 aromatic carbocycles. The van der Waals surface area contributed by atoms with Gasteiger partial charge in [-0.2, -0.15) is 0 Å². The van der Waals surface area contributed by atoms with Gasteiger partial charge in [0.25, 0.3) is 0 Å². The largest absolute Gasteiger partial charge is 0.379 e. The van der Waals surface area contributed by atoms with Gasteiger partial charge in [0.1, 0.15) is 0 Å². The molecule has 0 aliphatic carbocycles. The molecule has 0 spiro atoms. The molecule has 2 atom stereocenters. The number of likely N-dealkylation sites (N-methyl/N-ethyl adjacent to an activating group) is 1. The van der Waals surface area contributed by atoms with Crippen LogP contribution in [0.2, 0.25) is 0 Å². The van der Waals surface area contributed by atoms with E-state index >= 15 is 0 Å². The second kappa shape index (κ2) is 3.73. The quantitative estimate of drug-likeness (QED) is 0.657. The van der Waals surface area contributed by atoms with Crippen molar-refractivity contribution in [2.45, 2.75) is 31.3 Å². The zero-order chi connectivity index (χ0) is 9.19. The summed E-state index contributed by atoms with van der Waals surface area (Å²) in [5.41, 5.74) is 6.05. The van der Waals surface area contributed by atoms with E-state index in [1.54, 1.807) is 0 Å². The second-order valence-electron chi connectivity index (χ2n) is 3.94. The summed E-state index contributed by atoms with van der Waals surface area (Å²) in [5.74, 6) is 0. The van der Waals surface area contributed by atoms with Gasteiger partial charge < -0.3 is 15.4 Å². The minimum absolute atomic E-state index is 0.0677. The lowest BCUT2D eigenvalue weighted by Gasteiger charge is -2.45. The van der Waals surface area contributed by atoms with E-state index in [0.29, 0.717) is 0 Å². The zero-order valence-electron chi connectivity index (χ0n) is 8.34. The van der Waals surface area contributed by atoms with Crippen molar-refractivity contribution in [3.8, 4) is 0 Å². The van der Waals surface area contributed by atoms with E-state index in [4.69, 9.17) is 10.5 Å². The van der Waals surface area contributed by atoms with E-state index in [9.17, 15) is 0 Å². The minimum atomic E-state index is 0.0677. The third-order valence-corrected chi connectivity index (χ3v) is 2.99. The van der Waals surface area contributed by atoms with Crippen LogP contribution in [0.5, 0.6) is 0 Å². The van der Waals surface area contributed by atoms with E-state index < -0.39 is 0 Å². The van der Waals surface area contributed by atoms with Crippen molar-refractivity contribution in [1.82, 2.24) is 4.90 Å². The third-order valence-electron chi connectivity index (χ3n) is 2.99. The number of ether oxygens (including phenoxy) is 1. The molecule has 1 fully saturated rings. The highest BCUT2D eigenvalue weighted by molar-refractivity contribution is 4.96. The van der Waals surface area contributed by atoms with Crippen molar-refractivity contribution < 1.29 is 4.74 Å². The molecule has 2 unspecified atom stereocenters. The average Bonchev–Trinajstić information content (AvgIpc) is 2.05. The highest BCUT2D eigenvalue weighted by Crippen LogP contribution is 2.26. The number of hydrogen-bond donors (Lipinski definition) is 1. The van der Waals surface area contributed by atoms with Crippen LogP contribution in [-0.4, -0.2) is 43.8 Å². The molecule has 3 heteroatoms. The molecule has 1 aliphatic heterocycles. The Bertz CT molecular complexity index is 129. The molecular weight excluding hydrogens is 152 g/mol. The summed E-state index contributed by atoms with van der Waals surface area (Å²) >= 11 is 0. The highest BCUT2D eigenvalue weighted by Gasteiger charge is 2.38. The first kappa shape index (κ1) is 9.96. The van der Waals surface area contributed by atoms with E-state index in [0.717, 1.165) is 26.1 Å². The number of hydrogen-bond acceptors (Lipinski definition) is 3. The van der Waals surface area contributed by atoms with Gasteiger partial charge in [-0.25, -0.2) is 0 Å². The van der Waals surface area contributed by atoms with Crippen molar-refractivity contribution in [3.05, 3.63) is 0 Å². The molecule has 0 aromatic heterocycles. The van der Waals surface area contributed by atoms with Gasteiger partial charge in [0.05, 0.1) is 12.1 Å². The topological polar surface area (TPSA) is 38.5 Å². The van der Waals surface area contributed by atoms with Crippen LogP contribution >= 0.6 is 0 Å². The fourth-order valence-electron chi connectivity index (χ4n) is 1.92. The lowest BCUT2D eigenvalue weighted by molar-refractivity contribution is -0.0399. The van der Waals surface area contributed by atoms with Gasteiger partial charge in [-0.05, 0) is 33.9 Å². The van der Waals surface area contributed by atoms with Gasteiger partial charge in [-0.1, -0.05) is 0 Å². The Morgan fingerprint density at radius 2 is 2.17 bits per heavy atom. The first-order chi connectivity index (χ1) is 5.59. The van der Waals surface area contributed by atoms with Crippen LogP contribution < -0.4 is 5.73 Å². The van der Waals surface area contributed by atoms with Gasteiger partial charge >= 0.3 is 0 Å². The zero-order valence-corrected chi connectivity index (χ0v) is 8.34. The van der Waals surface area contributed by atoms with Gasteiger partial charge in [0.15, 0.2) is 0 Å². The maximum Gasteiger partial charge on any atom is 0.0665 e. The van der Waals surface area contributed by atoms with Crippen LogP contribution in [0.1, 0.15) is 19.8 Å². The summed E-state index contributed by atoms with van der Waals surface area (Å²) in [6, 6.07) is 0.174. The van der Waals surface area contributed by atoms with E-state index in [-0.39, 0.29) is 11.6 Å². The Kier molecular flexibility index (Phi) is 3.09. The molecule has 3 nitrogen and oxygen atoms in total. The minimum Gasteiger partial charge on any atom is -0.379 e. The van der Waals surface area contributed by atoms with Crippen molar-refractivity contribution in [2.24, 2.45) is 5.73 Å². The fraction of sp³-hybridized carbons (Fsp3) is 1.00. The average molecular weight is 172 g/mol. The molecule has 1 saturated heterocycles. The monoisotopic (exact) mass is 172 g/mol. The smallest absolute Gasteiger partial charge is 0.0665 e. The van der Waals surface area contributed by atoms with E-state index in [1.807, 2.05) is 0 Å². The van der Waals surface area contributed by atoms with Crippen molar-refractivity contribution >= 4 is 0 Å². The summed E-state index contributed by atoms with van der Waals surface area (Å²) in [4.78, 5) is 2.21. The molecule has 0 saturated carbocycles. The van der Waals surface area contributed by atoms with Crippen LogP contribution in [-0.2, 0) is 4.74 Å². The SMILES string of the molecule is CC(N)C1(N(C)C)CCCOC1. The van der Waals surface area contributed by atoms with Gasteiger partial charge in [0.2, 0.25) is 0 Å². The Morgan fingerprint density at radius 3 is 2.42 bits per heavy atom. The summed E-state index contributed by atoms with van der Waals surface area (Å²) in [6.45, 7) is 3.73.